The summed E-state index contributed by atoms with van der Waals surface area (Å²) in [5, 5.41) is 4.23. The number of nitrogen functional groups attached to an aromatic ring is 1. The van der Waals surface area contributed by atoms with Crippen LogP contribution < -0.4 is 5.73 Å². The van der Waals surface area contributed by atoms with Crippen molar-refractivity contribution < 1.29 is 0 Å². The fourth-order valence-electron chi connectivity index (χ4n) is 1.48. The first-order valence-electron chi connectivity index (χ1n) is 5.03. The lowest BCUT2D eigenvalue weighted by Gasteiger charge is -1.92. The van der Waals surface area contributed by atoms with Gasteiger partial charge in [0.25, 0.3) is 0 Å². The average molecular weight is 211 g/mol. The highest BCUT2D eigenvalue weighted by Gasteiger charge is 1.98. The highest BCUT2D eigenvalue weighted by atomic mass is 15.2. The Kier molecular flexibility index (Phi) is 2.65. The minimum absolute atomic E-state index is 0.731. The minimum Gasteiger partial charge on any atom is -0.399 e. The second-order valence-electron chi connectivity index (χ2n) is 3.68. The van der Waals surface area contributed by atoms with Gasteiger partial charge in [0.2, 0.25) is 0 Å². The van der Waals surface area contributed by atoms with Crippen molar-refractivity contribution in [3.8, 4) is 11.8 Å². The van der Waals surface area contributed by atoms with Gasteiger partial charge in [-0.1, -0.05) is 17.9 Å². The molecule has 2 aromatic rings. The minimum atomic E-state index is 0.731. The van der Waals surface area contributed by atoms with E-state index in [-0.39, 0.29) is 0 Å². The first-order valence-corrected chi connectivity index (χ1v) is 5.03. The van der Waals surface area contributed by atoms with Gasteiger partial charge in [-0.05, 0) is 25.1 Å². The molecule has 0 radical (unpaired) electrons. The van der Waals surface area contributed by atoms with E-state index < -0.39 is 0 Å². The molecule has 2 rings (SSSR count). The van der Waals surface area contributed by atoms with E-state index in [2.05, 4.69) is 16.9 Å². The summed E-state index contributed by atoms with van der Waals surface area (Å²) in [6.45, 7) is 1.95. The lowest BCUT2D eigenvalue weighted by molar-refractivity contribution is 0.756. The summed E-state index contributed by atoms with van der Waals surface area (Å²) in [5.74, 6) is 6.16. The van der Waals surface area contributed by atoms with Crippen molar-refractivity contribution >= 4 is 5.69 Å². The van der Waals surface area contributed by atoms with Gasteiger partial charge in [-0.15, -0.1) is 0 Å². The molecule has 0 saturated carbocycles. The second-order valence-corrected chi connectivity index (χ2v) is 3.68. The van der Waals surface area contributed by atoms with E-state index in [1.54, 1.807) is 4.68 Å². The summed E-state index contributed by atoms with van der Waals surface area (Å²) < 4.78 is 1.76. The monoisotopic (exact) mass is 211 g/mol. The highest BCUT2D eigenvalue weighted by molar-refractivity contribution is 5.49. The lowest BCUT2D eigenvalue weighted by atomic mass is 10.2. The standard InChI is InChI=1S/C13H13N3/c1-10-12(9-16(2)15-10)7-6-11-4-3-5-13(14)8-11/h3-5,8-9H,14H2,1-2H3. The molecule has 2 N–H and O–H groups in total. The predicted octanol–water partition coefficient (Wildman–Crippen LogP) is 1.71. The maximum Gasteiger partial charge on any atom is 0.0750 e. The molecule has 0 unspecified atom stereocenters. The number of nitrogens with zero attached hydrogens (tertiary/aromatic N) is 2. The van der Waals surface area contributed by atoms with E-state index in [1.807, 2.05) is 44.4 Å². The van der Waals surface area contributed by atoms with Gasteiger partial charge in [-0.2, -0.15) is 5.10 Å². The molecule has 0 aliphatic carbocycles. The average Bonchev–Trinajstić information content (AvgIpc) is 2.54. The molecule has 80 valence electrons. The van der Waals surface area contributed by atoms with Crippen molar-refractivity contribution in [1.82, 2.24) is 9.78 Å². The summed E-state index contributed by atoms with van der Waals surface area (Å²) in [4.78, 5) is 0. The van der Waals surface area contributed by atoms with Crippen LogP contribution in [-0.2, 0) is 7.05 Å². The molecule has 1 heterocycles. The van der Waals surface area contributed by atoms with Crippen LogP contribution in [-0.4, -0.2) is 9.78 Å². The molecule has 3 heteroatoms. The largest absolute Gasteiger partial charge is 0.399 e. The van der Waals surface area contributed by atoms with Crippen LogP contribution in [0.2, 0.25) is 0 Å². The molecule has 0 aliphatic heterocycles. The zero-order valence-corrected chi connectivity index (χ0v) is 9.36. The van der Waals surface area contributed by atoms with Gasteiger partial charge in [-0.3, -0.25) is 4.68 Å². The van der Waals surface area contributed by atoms with Gasteiger partial charge in [0.1, 0.15) is 0 Å². The zero-order chi connectivity index (χ0) is 11.5. The van der Waals surface area contributed by atoms with Crippen molar-refractivity contribution in [3.63, 3.8) is 0 Å². The molecule has 1 aromatic heterocycles. The Morgan fingerprint density at radius 1 is 1.31 bits per heavy atom. The Balaban J connectivity index is 2.32. The number of rotatable bonds is 0. The molecule has 0 amide bonds. The topological polar surface area (TPSA) is 43.8 Å². The van der Waals surface area contributed by atoms with Crippen molar-refractivity contribution in [3.05, 3.63) is 47.3 Å². The predicted molar refractivity (Wildman–Crippen MR) is 64.8 cm³/mol. The summed E-state index contributed by atoms with van der Waals surface area (Å²) >= 11 is 0. The number of nitrogens with two attached hydrogens (primary N) is 1. The van der Waals surface area contributed by atoms with Crippen LogP contribution in [0, 0.1) is 18.8 Å². The van der Waals surface area contributed by atoms with Gasteiger partial charge in [0.15, 0.2) is 0 Å². The Bertz CT molecular complexity index is 570. The summed E-state index contributed by atoms with van der Waals surface area (Å²) in [5.41, 5.74) is 9.22. The summed E-state index contributed by atoms with van der Waals surface area (Å²) in [6.07, 6.45) is 1.91. The van der Waals surface area contributed by atoms with Crippen LogP contribution in [0.4, 0.5) is 5.69 Å². The molecule has 0 bridgehead atoms. The van der Waals surface area contributed by atoms with Crippen LogP contribution in [0.1, 0.15) is 16.8 Å². The zero-order valence-electron chi connectivity index (χ0n) is 9.36. The second kappa shape index (κ2) is 4.11. The van der Waals surface area contributed by atoms with Gasteiger partial charge in [-0.25, -0.2) is 0 Å². The van der Waals surface area contributed by atoms with E-state index in [4.69, 9.17) is 5.73 Å². The Morgan fingerprint density at radius 2 is 2.12 bits per heavy atom. The van der Waals surface area contributed by atoms with Crippen LogP contribution in [0.15, 0.2) is 30.5 Å². The first kappa shape index (κ1) is 10.3. The Labute approximate surface area is 94.9 Å². The van der Waals surface area contributed by atoms with E-state index in [9.17, 15) is 0 Å². The number of hydrogen-bond acceptors (Lipinski definition) is 2. The van der Waals surface area contributed by atoms with Crippen LogP contribution in [0.5, 0.6) is 0 Å². The number of benzene rings is 1. The maximum absolute atomic E-state index is 5.68. The van der Waals surface area contributed by atoms with Crippen LogP contribution >= 0.6 is 0 Å². The third-order valence-electron chi connectivity index (χ3n) is 2.24. The van der Waals surface area contributed by atoms with Gasteiger partial charge in [0, 0.05) is 24.5 Å². The van der Waals surface area contributed by atoms with E-state index in [1.165, 1.54) is 0 Å². The normalized spacial score (nSPS) is 9.62. The SMILES string of the molecule is Cc1nn(C)cc1C#Cc1cccc(N)c1. The molecule has 0 aliphatic rings. The summed E-state index contributed by atoms with van der Waals surface area (Å²) in [7, 11) is 1.89. The van der Waals surface area contributed by atoms with Crippen molar-refractivity contribution in [2.24, 2.45) is 7.05 Å². The van der Waals surface area contributed by atoms with Crippen molar-refractivity contribution in [2.75, 3.05) is 5.73 Å². The van der Waals surface area contributed by atoms with Crippen molar-refractivity contribution in [1.29, 1.82) is 0 Å². The van der Waals surface area contributed by atoms with Crippen LogP contribution in [0.3, 0.4) is 0 Å². The molecular weight excluding hydrogens is 198 g/mol. The Morgan fingerprint density at radius 3 is 2.75 bits per heavy atom. The first-order chi connectivity index (χ1) is 7.65. The Hall–Kier alpha value is -2.21. The van der Waals surface area contributed by atoms with Crippen LogP contribution in [0.25, 0.3) is 0 Å². The smallest absolute Gasteiger partial charge is 0.0750 e. The number of anilines is 1. The molecular formula is C13H13N3. The quantitative estimate of drug-likeness (QED) is 0.532. The van der Waals surface area contributed by atoms with Gasteiger partial charge in [0.05, 0.1) is 11.3 Å². The summed E-state index contributed by atoms with van der Waals surface area (Å²) in [6, 6.07) is 7.55. The molecule has 3 nitrogen and oxygen atoms in total. The lowest BCUT2D eigenvalue weighted by Crippen LogP contribution is -1.86. The molecule has 0 saturated heterocycles. The molecule has 16 heavy (non-hydrogen) atoms. The molecule has 0 spiro atoms. The number of aryl methyl sites for hydroxylation is 2. The third kappa shape index (κ3) is 2.23. The maximum atomic E-state index is 5.68. The highest BCUT2D eigenvalue weighted by Crippen LogP contribution is 2.06. The number of aromatic nitrogens is 2. The van der Waals surface area contributed by atoms with E-state index in [0.29, 0.717) is 0 Å². The molecule has 1 aromatic carbocycles. The molecule has 0 atom stereocenters. The molecule has 0 fully saturated rings. The number of hydrogen-bond donors (Lipinski definition) is 1. The van der Waals surface area contributed by atoms with Crippen molar-refractivity contribution in [2.45, 2.75) is 6.92 Å². The van der Waals surface area contributed by atoms with Gasteiger partial charge < -0.3 is 5.73 Å². The fourth-order valence-corrected chi connectivity index (χ4v) is 1.48. The van der Waals surface area contributed by atoms with E-state index >= 15 is 0 Å². The van der Waals surface area contributed by atoms with E-state index in [0.717, 1.165) is 22.5 Å². The third-order valence-corrected chi connectivity index (χ3v) is 2.24. The fraction of sp³-hybridized carbons (Fsp3) is 0.154. The van der Waals surface area contributed by atoms with Gasteiger partial charge >= 0.3 is 0 Å².